The molecule has 4 nitrogen and oxygen atoms in total. The van der Waals surface area contributed by atoms with E-state index in [0.717, 1.165) is 28.1 Å². The van der Waals surface area contributed by atoms with Gasteiger partial charge in [0.1, 0.15) is 22.6 Å². The van der Waals surface area contributed by atoms with E-state index in [1.165, 1.54) is 17.4 Å². The Morgan fingerprint density at radius 2 is 2.15 bits per heavy atom. The number of nitrogens with two attached hydrogens (primary N) is 1. The van der Waals surface area contributed by atoms with E-state index < -0.39 is 0 Å². The van der Waals surface area contributed by atoms with Crippen LogP contribution in [0.25, 0.3) is 10.2 Å². The van der Waals surface area contributed by atoms with Crippen LogP contribution in [-0.4, -0.2) is 17.6 Å². The Bertz CT molecular complexity index is 981. The van der Waals surface area contributed by atoms with Gasteiger partial charge in [0, 0.05) is 30.8 Å². The van der Waals surface area contributed by atoms with Gasteiger partial charge in [-0.1, -0.05) is 41.4 Å². The first-order valence-corrected chi connectivity index (χ1v) is 10.2. The molecule has 0 amide bonds. The van der Waals surface area contributed by atoms with E-state index in [1.54, 1.807) is 24.3 Å². The normalized spacial score (nSPS) is 20.1. The molecule has 3 aromatic rings. The first-order chi connectivity index (χ1) is 13.0. The second-order valence-electron chi connectivity index (χ2n) is 6.49. The first kappa shape index (κ1) is 18.9. The second-order valence-corrected chi connectivity index (χ2v) is 8.31. The highest BCUT2D eigenvalue weighted by Gasteiger charge is 2.30. The third-order valence-corrected chi connectivity index (χ3v) is 6.59. The van der Waals surface area contributed by atoms with Crippen LogP contribution in [0.4, 0.5) is 10.1 Å². The van der Waals surface area contributed by atoms with E-state index >= 15 is 0 Å². The van der Waals surface area contributed by atoms with Crippen LogP contribution in [0, 0.1) is 5.82 Å². The van der Waals surface area contributed by atoms with E-state index in [1.807, 2.05) is 0 Å². The number of halogens is 3. The number of anilines is 1. The Hall–Kier alpha value is -1.44. The summed E-state index contributed by atoms with van der Waals surface area (Å²) < 4.78 is 20.6. The van der Waals surface area contributed by atoms with Crippen molar-refractivity contribution in [1.82, 2.24) is 4.98 Å². The number of nitrogens with one attached hydrogen (secondary N) is 1. The number of ether oxygens (including phenoxy) is 1. The molecule has 0 radical (unpaired) electrons. The lowest BCUT2D eigenvalue weighted by molar-refractivity contribution is 0.00244. The summed E-state index contributed by atoms with van der Waals surface area (Å²) in [6.45, 7) is 0.988. The van der Waals surface area contributed by atoms with Gasteiger partial charge in [-0.05, 0) is 18.9 Å². The molecule has 0 spiro atoms. The maximum absolute atomic E-state index is 13.9. The molecule has 0 bridgehead atoms. The van der Waals surface area contributed by atoms with Gasteiger partial charge in [0.2, 0.25) is 0 Å². The topological polar surface area (TPSA) is 60.2 Å². The van der Waals surface area contributed by atoms with Gasteiger partial charge in [-0.15, -0.1) is 11.3 Å². The van der Waals surface area contributed by atoms with Crippen LogP contribution < -0.4 is 11.1 Å². The van der Waals surface area contributed by atoms with Crippen LogP contribution >= 0.6 is 34.5 Å². The molecule has 2 atom stereocenters. The molecular formula is C19H18Cl2FN3OS. The molecule has 1 saturated heterocycles. The van der Waals surface area contributed by atoms with Gasteiger partial charge in [-0.25, -0.2) is 9.37 Å². The van der Waals surface area contributed by atoms with Crippen molar-refractivity contribution in [1.29, 1.82) is 0 Å². The van der Waals surface area contributed by atoms with Crippen LogP contribution in [-0.2, 0) is 11.3 Å². The Morgan fingerprint density at radius 1 is 1.33 bits per heavy atom. The van der Waals surface area contributed by atoms with E-state index in [2.05, 4.69) is 10.3 Å². The van der Waals surface area contributed by atoms with Crippen molar-refractivity contribution >= 4 is 50.4 Å². The highest BCUT2D eigenvalue weighted by molar-refractivity contribution is 7.20. The molecule has 3 heterocycles. The number of hydrogen-bond acceptors (Lipinski definition) is 5. The number of pyridine rings is 1. The zero-order valence-corrected chi connectivity index (χ0v) is 16.7. The minimum atomic E-state index is -0.257. The van der Waals surface area contributed by atoms with Crippen LogP contribution in [0.2, 0.25) is 10.2 Å². The fraction of sp³-hybridized carbons (Fsp3) is 0.316. The lowest BCUT2D eigenvalue weighted by atomic mass is 10.0. The molecule has 3 N–H and O–H groups in total. The molecule has 0 saturated carbocycles. The Kier molecular flexibility index (Phi) is 5.53. The van der Waals surface area contributed by atoms with Crippen molar-refractivity contribution in [3.8, 4) is 0 Å². The van der Waals surface area contributed by atoms with Gasteiger partial charge < -0.3 is 15.8 Å². The van der Waals surface area contributed by atoms with Gasteiger partial charge in [0.05, 0.1) is 20.3 Å². The molecule has 4 rings (SSSR count). The summed E-state index contributed by atoms with van der Waals surface area (Å²) in [4.78, 5) is 5.25. The Labute approximate surface area is 170 Å². The Morgan fingerprint density at radius 3 is 2.93 bits per heavy atom. The number of rotatable bonds is 4. The maximum atomic E-state index is 13.9. The number of fused-ring (bicyclic) bond motifs is 1. The molecule has 0 aliphatic carbocycles. The minimum Gasteiger partial charge on any atom is -0.380 e. The summed E-state index contributed by atoms with van der Waals surface area (Å²) in [5, 5.41) is 4.10. The van der Waals surface area contributed by atoms with Crippen molar-refractivity contribution in [2.75, 3.05) is 11.9 Å². The minimum absolute atomic E-state index is 0.102. The van der Waals surface area contributed by atoms with Crippen molar-refractivity contribution in [2.45, 2.75) is 31.5 Å². The van der Waals surface area contributed by atoms with Crippen LogP contribution in [0.5, 0.6) is 0 Å². The fourth-order valence-corrected chi connectivity index (χ4v) is 5.11. The SMILES string of the molecule is N[C@H]1CCCO[C@@H]1c1sc2c(NCc3ccccc3F)cc(Cl)nc2c1Cl. The molecule has 1 aliphatic heterocycles. The summed E-state index contributed by atoms with van der Waals surface area (Å²) >= 11 is 14.3. The van der Waals surface area contributed by atoms with E-state index in [0.29, 0.717) is 34.4 Å². The van der Waals surface area contributed by atoms with Crippen molar-refractivity contribution in [3.63, 3.8) is 0 Å². The van der Waals surface area contributed by atoms with Gasteiger partial charge in [0.15, 0.2) is 0 Å². The average Bonchev–Trinajstić information content (AvgIpc) is 2.98. The molecular weight excluding hydrogens is 408 g/mol. The van der Waals surface area contributed by atoms with Crippen LogP contribution in [0.1, 0.15) is 29.4 Å². The monoisotopic (exact) mass is 425 g/mol. The van der Waals surface area contributed by atoms with E-state index in [9.17, 15) is 4.39 Å². The summed E-state index contributed by atoms with van der Waals surface area (Å²) in [6.07, 6.45) is 1.59. The number of thiophene rings is 1. The molecule has 27 heavy (non-hydrogen) atoms. The summed E-state index contributed by atoms with van der Waals surface area (Å²) in [5.41, 5.74) is 8.18. The number of nitrogens with zero attached hydrogens (tertiary/aromatic N) is 1. The van der Waals surface area contributed by atoms with Gasteiger partial charge >= 0.3 is 0 Å². The molecule has 1 fully saturated rings. The summed E-state index contributed by atoms with van der Waals surface area (Å²) in [6, 6.07) is 8.27. The predicted octanol–water partition coefficient (Wildman–Crippen LogP) is 5.53. The maximum Gasteiger partial charge on any atom is 0.131 e. The smallest absolute Gasteiger partial charge is 0.131 e. The van der Waals surface area contributed by atoms with Crippen molar-refractivity contribution < 1.29 is 9.13 Å². The quantitative estimate of drug-likeness (QED) is 0.539. The van der Waals surface area contributed by atoms with Crippen molar-refractivity contribution in [3.05, 3.63) is 56.8 Å². The van der Waals surface area contributed by atoms with Crippen LogP contribution in [0.3, 0.4) is 0 Å². The summed E-state index contributed by atoms with van der Waals surface area (Å²) in [5.74, 6) is -0.257. The number of aromatic nitrogens is 1. The van der Waals surface area contributed by atoms with E-state index in [-0.39, 0.29) is 18.0 Å². The molecule has 8 heteroatoms. The number of benzene rings is 1. The standard InChI is InChI=1S/C19H18Cl2FN3OS/c20-14-8-13(24-9-10-4-1-2-5-11(10)22)18-16(25-14)15(21)19(27-18)17-12(23)6-3-7-26-17/h1-2,4-5,8,12,17H,3,6-7,9,23H2,(H,24,25)/t12-,17-/m0/s1. The van der Waals surface area contributed by atoms with Crippen molar-refractivity contribution in [2.24, 2.45) is 5.73 Å². The average molecular weight is 426 g/mol. The van der Waals surface area contributed by atoms with Gasteiger partial charge in [-0.3, -0.25) is 0 Å². The predicted molar refractivity (Wildman–Crippen MR) is 109 cm³/mol. The van der Waals surface area contributed by atoms with Gasteiger partial charge in [-0.2, -0.15) is 0 Å². The highest BCUT2D eigenvalue weighted by Crippen LogP contribution is 2.45. The lowest BCUT2D eigenvalue weighted by Gasteiger charge is -2.28. The van der Waals surface area contributed by atoms with E-state index in [4.69, 9.17) is 33.7 Å². The molecule has 2 aromatic heterocycles. The highest BCUT2D eigenvalue weighted by atomic mass is 35.5. The molecule has 1 aromatic carbocycles. The molecule has 1 aliphatic rings. The zero-order valence-electron chi connectivity index (χ0n) is 14.3. The fourth-order valence-electron chi connectivity index (χ4n) is 3.25. The summed E-state index contributed by atoms with van der Waals surface area (Å²) in [7, 11) is 0. The third kappa shape index (κ3) is 3.77. The number of hydrogen-bond donors (Lipinski definition) is 2. The second kappa shape index (κ2) is 7.89. The Balaban J connectivity index is 1.70. The zero-order chi connectivity index (χ0) is 19.0. The molecule has 142 valence electrons. The third-order valence-electron chi connectivity index (χ3n) is 4.63. The lowest BCUT2D eigenvalue weighted by Crippen LogP contribution is -2.34. The van der Waals surface area contributed by atoms with Gasteiger partial charge in [0.25, 0.3) is 0 Å². The first-order valence-electron chi connectivity index (χ1n) is 8.67. The largest absolute Gasteiger partial charge is 0.380 e. The molecule has 0 unspecified atom stereocenters. The van der Waals surface area contributed by atoms with Crippen LogP contribution in [0.15, 0.2) is 30.3 Å².